The molecule has 0 bridgehead atoms. The zero-order valence-electron chi connectivity index (χ0n) is 33.2. The van der Waals surface area contributed by atoms with E-state index in [1.165, 1.54) is 97.1 Å². The minimum Gasteiger partial charge on any atom is -0.425 e. The number of thioether (sulfide) groups is 2. The van der Waals surface area contributed by atoms with Gasteiger partial charge < -0.3 is 9.47 Å². The van der Waals surface area contributed by atoms with Gasteiger partial charge in [-0.05, 0) is 85.5 Å². The van der Waals surface area contributed by atoms with Crippen molar-refractivity contribution in [1.29, 1.82) is 10.5 Å². The van der Waals surface area contributed by atoms with E-state index in [4.69, 9.17) is 9.47 Å². The highest BCUT2D eigenvalue weighted by Gasteiger charge is 2.71. The van der Waals surface area contributed by atoms with Crippen LogP contribution in [0, 0.1) is 46.3 Å². The van der Waals surface area contributed by atoms with Gasteiger partial charge in [-0.15, -0.1) is 0 Å². The second kappa shape index (κ2) is 16.0. The molecule has 8 heteroatoms. The number of hydrogen-bond acceptors (Lipinski definition) is 8. The Hall–Kier alpha value is -3.98. The summed E-state index contributed by atoms with van der Waals surface area (Å²) in [7, 11) is 0. The molecule has 57 heavy (non-hydrogen) atoms. The lowest BCUT2D eigenvalue weighted by Crippen LogP contribution is -2.52. The summed E-state index contributed by atoms with van der Waals surface area (Å²) in [6.45, 7) is 4.48. The van der Waals surface area contributed by atoms with Crippen LogP contribution in [0.3, 0.4) is 0 Å². The van der Waals surface area contributed by atoms with Crippen LogP contribution in [0.5, 0.6) is 11.5 Å². The number of fused-ring (bicyclic) bond motifs is 8. The molecule has 0 saturated heterocycles. The van der Waals surface area contributed by atoms with Crippen molar-refractivity contribution in [1.82, 2.24) is 0 Å². The number of ether oxygens (including phenoxy) is 2. The van der Waals surface area contributed by atoms with Gasteiger partial charge in [0.2, 0.25) is 0 Å². The number of hydrogen-bond donors (Lipinski definition) is 0. The normalized spacial score (nSPS) is 27.1. The van der Waals surface area contributed by atoms with Crippen LogP contribution >= 0.6 is 23.5 Å². The summed E-state index contributed by atoms with van der Waals surface area (Å²) in [6.07, 6.45) is 17.3. The van der Waals surface area contributed by atoms with Gasteiger partial charge in [0, 0.05) is 28.4 Å². The van der Waals surface area contributed by atoms with Gasteiger partial charge in [0.25, 0.3) is 0 Å². The molecule has 5 aliphatic carbocycles. The molecule has 6 nitrogen and oxygen atoms in total. The number of nitrogens with zero attached hydrogens (tertiary/aromatic N) is 2. The van der Waals surface area contributed by atoms with E-state index in [9.17, 15) is 20.1 Å². The molecule has 0 aromatic heterocycles. The molecule has 0 amide bonds. The van der Waals surface area contributed by atoms with Crippen molar-refractivity contribution in [2.45, 2.75) is 144 Å². The number of carbonyl (C=O) groups excluding carboxylic acids is 2. The topological polar surface area (TPSA) is 100 Å². The summed E-state index contributed by atoms with van der Waals surface area (Å²) in [5.41, 5.74) is 6.51. The number of benzene rings is 3. The average Bonchev–Trinajstić information content (AvgIpc) is 3.76. The van der Waals surface area contributed by atoms with Crippen LogP contribution in [-0.2, 0) is 15.0 Å². The van der Waals surface area contributed by atoms with Crippen molar-refractivity contribution in [3.63, 3.8) is 0 Å². The molecular formula is C49H52N2O4S2. The maximum atomic E-state index is 14.4. The molecule has 0 N–H and O–H groups in total. The molecular weight excluding hydrogens is 745 g/mol. The van der Waals surface area contributed by atoms with E-state index < -0.39 is 0 Å². The lowest BCUT2D eigenvalue weighted by Gasteiger charge is -2.58. The highest BCUT2D eigenvalue weighted by atomic mass is 32.2. The first-order valence-electron chi connectivity index (χ1n) is 21.7. The highest BCUT2D eigenvalue weighted by molar-refractivity contribution is 8.24. The lowest BCUT2D eigenvalue weighted by molar-refractivity contribution is -0.141. The summed E-state index contributed by atoms with van der Waals surface area (Å²) in [5.74, 6) is 1.43. The standard InChI is InChI=1S/C49H52N2O4S2/c1-3-5-7-13-29-19-23-31(24-20-29)46(52)54-42-38-39(41-35-16-10-12-18-37(35)49(41)36-17-11-9-15-34(36)40(38)49)43(45-44(42)56-48(57-45)33(27-50)28-51)55-47(53)32-25-21-30(22-26-32)14-8-6-4-2/h9-12,15-18,29-32,40-41H,3-8,13-14,19-26H2,1-2H3. The van der Waals surface area contributed by atoms with Crippen molar-refractivity contribution in [2.75, 3.05) is 0 Å². The zero-order valence-corrected chi connectivity index (χ0v) is 34.9. The number of allylic oxidation sites excluding steroid dienone is 1. The Balaban J connectivity index is 1.14. The summed E-state index contributed by atoms with van der Waals surface area (Å²) in [4.78, 5) is 30.3. The molecule has 2 unspecified atom stereocenters. The first kappa shape index (κ1) is 38.5. The number of unbranched alkanes of at least 4 members (excludes halogenated alkanes) is 4. The van der Waals surface area contributed by atoms with E-state index in [0.717, 1.165) is 62.5 Å². The SMILES string of the molecule is CCCCCC1CCC(C(=O)Oc2c3c(c(OC(=O)C4CCC(CCCCC)CC4)c4c2C2c5ccccc5C25c2ccccc2C45)SC(=C(C#N)C#N)S3)CC1. The van der Waals surface area contributed by atoms with Gasteiger partial charge in [0.1, 0.15) is 29.2 Å². The third-order valence-electron chi connectivity index (χ3n) is 14.3. The predicted molar refractivity (Wildman–Crippen MR) is 224 cm³/mol. The Bertz CT molecular complexity index is 2060. The molecule has 1 spiro atoms. The minimum absolute atomic E-state index is 0.0102. The Kier molecular flexibility index (Phi) is 10.8. The molecule has 2 atom stereocenters. The van der Waals surface area contributed by atoms with Gasteiger partial charge in [-0.3, -0.25) is 9.59 Å². The van der Waals surface area contributed by atoms with Gasteiger partial charge in [-0.1, -0.05) is 137 Å². The Labute approximate surface area is 346 Å². The predicted octanol–water partition coefficient (Wildman–Crippen LogP) is 12.6. The number of rotatable bonds is 12. The van der Waals surface area contributed by atoms with Gasteiger partial charge in [0.15, 0.2) is 0 Å². The number of carbonyl (C=O) groups is 2. The van der Waals surface area contributed by atoms with Gasteiger partial charge >= 0.3 is 11.9 Å². The number of esters is 2. The Morgan fingerprint density at radius 2 is 1.07 bits per heavy atom. The van der Waals surface area contributed by atoms with Gasteiger partial charge in [-0.2, -0.15) is 10.5 Å². The molecule has 0 radical (unpaired) electrons. The molecule has 2 fully saturated rings. The third kappa shape index (κ3) is 6.27. The van der Waals surface area contributed by atoms with Crippen molar-refractivity contribution < 1.29 is 19.1 Å². The average molecular weight is 797 g/mol. The fourth-order valence-corrected chi connectivity index (χ4v) is 14.0. The van der Waals surface area contributed by atoms with Crippen molar-refractivity contribution in [3.8, 4) is 23.6 Å². The van der Waals surface area contributed by atoms with E-state index in [-0.39, 0.29) is 46.6 Å². The van der Waals surface area contributed by atoms with Crippen LogP contribution < -0.4 is 9.47 Å². The largest absolute Gasteiger partial charge is 0.425 e. The molecule has 294 valence electrons. The highest BCUT2D eigenvalue weighted by Crippen LogP contribution is 2.81. The summed E-state index contributed by atoms with van der Waals surface area (Å²) >= 11 is 2.63. The van der Waals surface area contributed by atoms with Gasteiger partial charge in [0.05, 0.1) is 25.9 Å². The minimum atomic E-state index is -0.349. The third-order valence-corrected chi connectivity index (χ3v) is 16.9. The molecule has 1 aliphatic heterocycles. The Morgan fingerprint density at radius 1 is 0.649 bits per heavy atom. The number of nitriles is 2. The summed E-state index contributed by atoms with van der Waals surface area (Å²) in [6, 6.07) is 21.4. The molecule has 3 aromatic carbocycles. The van der Waals surface area contributed by atoms with Crippen molar-refractivity contribution >= 4 is 35.5 Å². The van der Waals surface area contributed by atoms with E-state index >= 15 is 0 Å². The fraction of sp³-hybridized carbons (Fsp3) is 0.510. The first-order chi connectivity index (χ1) is 27.9. The monoisotopic (exact) mass is 796 g/mol. The van der Waals surface area contributed by atoms with E-state index in [0.29, 0.717) is 37.4 Å². The van der Waals surface area contributed by atoms with Crippen LogP contribution in [0.4, 0.5) is 0 Å². The smallest absolute Gasteiger partial charge is 0.314 e. The van der Waals surface area contributed by atoms with Crippen LogP contribution in [-0.4, -0.2) is 11.9 Å². The van der Waals surface area contributed by atoms with Crippen molar-refractivity contribution in [3.05, 3.63) is 91.7 Å². The van der Waals surface area contributed by atoms with E-state index in [1.807, 2.05) is 0 Å². The zero-order chi connectivity index (χ0) is 39.3. The summed E-state index contributed by atoms with van der Waals surface area (Å²) in [5, 5.41) is 20.1. The summed E-state index contributed by atoms with van der Waals surface area (Å²) < 4.78 is 14.1. The quantitative estimate of drug-likeness (QED) is 0.0773. The second-order valence-electron chi connectivity index (χ2n) is 17.4. The van der Waals surface area contributed by atoms with E-state index in [1.54, 1.807) is 0 Å². The molecule has 3 aromatic rings. The lowest BCUT2D eigenvalue weighted by atomic mass is 9.43. The van der Waals surface area contributed by atoms with E-state index in [2.05, 4.69) is 74.5 Å². The Morgan fingerprint density at radius 3 is 1.47 bits per heavy atom. The van der Waals surface area contributed by atoms with Crippen LogP contribution in [0.2, 0.25) is 0 Å². The van der Waals surface area contributed by atoms with Gasteiger partial charge in [-0.25, -0.2) is 0 Å². The maximum Gasteiger partial charge on any atom is 0.314 e. The molecule has 9 rings (SSSR count). The first-order valence-corrected chi connectivity index (χ1v) is 23.3. The van der Waals surface area contributed by atoms with Crippen LogP contribution in [0.1, 0.15) is 162 Å². The maximum absolute atomic E-state index is 14.4. The van der Waals surface area contributed by atoms with Crippen molar-refractivity contribution in [2.24, 2.45) is 23.7 Å². The van der Waals surface area contributed by atoms with Crippen LogP contribution in [0.25, 0.3) is 0 Å². The fourth-order valence-electron chi connectivity index (χ4n) is 11.5. The van der Waals surface area contributed by atoms with Crippen LogP contribution in [0.15, 0.2) is 68.1 Å². The molecule has 6 aliphatic rings. The molecule has 2 saturated carbocycles. The second-order valence-corrected chi connectivity index (χ2v) is 19.7. The molecule has 1 heterocycles.